The first-order chi connectivity index (χ1) is 24.9. The van der Waals surface area contributed by atoms with Crippen molar-refractivity contribution in [1.29, 1.82) is 0 Å². The number of rotatable bonds is 5. The van der Waals surface area contributed by atoms with Gasteiger partial charge in [0.05, 0.1) is 22.8 Å². The molecule has 8 bridgehead atoms. The summed E-state index contributed by atoms with van der Waals surface area (Å²) in [5.74, 6) is -1.38. The van der Waals surface area contributed by atoms with Gasteiger partial charge in [-0.1, -0.05) is 83.1 Å². The standard InChI is InChI=1S/C46H50N4O4/c1-43(2,3)39(51)34-24-33(36(40(52)44(4,5)6)38(42(54)46(10,11)12)37(34)41(53)45(7,8)9)32-22-31-21-29-16-15-27(48-29)19-25-13-14-26(47-25)20-28-17-18-30(49-28)23-35(32)50-31/h13-24,47,50H,1-12H3. The maximum Gasteiger partial charge on any atom is 0.169 e. The normalized spacial score (nSPS) is 13.3. The van der Waals surface area contributed by atoms with Gasteiger partial charge < -0.3 is 9.97 Å². The molecule has 4 aromatic rings. The molecule has 1 aromatic carbocycles. The molecule has 0 spiro atoms. The number of ketones is 4. The number of nitrogens with one attached hydrogen (secondary N) is 2. The predicted molar refractivity (Wildman–Crippen MR) is 219 cm³/mol. The van der Waals surface area contributed by atoms with Gasteiger partial charge in [-0.25, -0.2) is 9.97 Å². The summed E-state index contributed by atoms with van der Waals surface area (Å²) < 4.78 is 0. The van der Waals surface area contributed by atoms with E-state index in [1.807, 2.05) is 66.8 Å². The average Bonchev–Trinajstić information content (AvgIpc) is 3.86. The summed E-state index contributed by atoms with van der Waals surface area (Å²) in [6.07, 6.45) is 7.70. The van der Waals surface area contributed by atoms with Crippen molar-refractivity contribution in [3.8, 4) is 11.1 Å². The van der Waals surface area contributed by atoms with Gasteiger partial charge in [-0.2, -0.15) is 0 Å². The summed E-state index contributed by atoms with van der Waals surface area (Å²) in [5.41, 5.74) is 3.38. The number of hydrogen-bond donors (Lipinski definition) is 2. The van der Waals surface area contributed by atoms with E-state index in [1.165, 1.54) is 0 Å². The van der Waals surface area contributed by atoms with Crippen LogP contribution < -0.4 is 0 Å². The van der Waals surface area contributed by atoms with E-state index in [1.54, 1.807) is 89.2 Å². The molecule has 2 aliphatic rings. The van der Waals surface area contributed by atoms with Crippen molar-refractivity contribution in [2.45, 2.75) is 83.1 Å². The Morgan fingerprint density at radius 2 is 0.833 bits per heavy atom. The van der Waals surface area contributed by atoms with Crippen LogP contribution in [0, 0.1) is 21.7 Å². The molecule has 6 rings (SSSR count). The molecule has 0 radical (unpaired) electrons. The minimum Gasteiger partial charge on any atom is -0.355 e. The zero-order valence-corrected chi connectivity index (χ0v) is 33.5. The Kier molecular flexibility index (Phi) is 9.28. The van der Waals surface area contributed by atoms with E-state index in [2.05, 4.69) is 9.97 Å². The molecule has 0 saturated carbocycles. The van der Waals surface area contributed by atoms with E-state index in [-0.39, 0.29) is 45.4 Å². The van der Waals surface area contributed by atoms with Crippen LogP contribution in [0.2, 0.25) is 0 Å². The first-order valence-electron chi connectivity index (χ1n) is 18.4. The largest absolute Gasteiger partial charge is 0.355 e. The lowest BCUT2D eigenvalue weighted by Gasteiger charge is -2.31. The van der Waals surface area contributed by atoms with E-state index >= 15 is 0 Å². The predicted octanol–water partition coefficient (Wildman–Crippen LogP) is 11.2. The van der Waals surface area contributed by atoms with Gasteiger partial charge in [-0.15, -0.1) is 0 Å². The Balaban J connectivity index is 1.85. The summed E-state index contributed by atoms with van der Waals surface area (Å²) in [6, 6.07) is 15.3. The minimum absolute atomic E-state index is 0.00476. The van der Waals surface area contributed by atoms with Crippen LogP contribution in [-0.4, -0.2) is 43.1 Å². The number of hydrogen-bond acceptors (Lipinski definition) is 6. The van der Waals surface area contributed by atoms with Crippen LogP contribution in [0.25, 0.3) is 57.5 Å². The Morgan fingerprint density at radius 3 is 1.30 bits per heavy atom. The number of Topliss-reactive ketones (excluding diaryl/α,β-unsaturated/α-hetero) is 4. The zero-order valence-electron chi connectivity index (χ0n) is 33.5. The second-order valence-electron chi connectivity index (χ2n) is 18.5. The van der Waals surface area contributed by atoms with E-state index in [9.17, 15) is 19.2 Å². The van der Waals surface area contributed by atoms with Crippen LogP contribution in [0.4, 0.5) is 0 Å². The van der Waals surface area contributed by atoms with E-state index < -0.39 is 21.7 Å². The molecule has 0 saturated heterocycles. The zero-order chi connectivity index (χ0) is 39.7. The molecule has 0 unspecified atom stereocenters. The molecular weight excluding hydrogens is 673 g/mol. The molecule has 0 aliphatic carbocycles. The first kappa shape index (κ1) is 38.2. The number of carbonyl (C=O) groups excluding carboxylic acids is 4. The van der Waals surface area contributed by atoms with Crippen molar-refractivity contribution in [3.63, 3.8) is 0 Å². The molecule has 278 valence electrons. The average molecular weight is 723 g/mol. The van der Waals surface area contributed by atoms with Crippen molar-refractivity contribution < 1.29 is 19.2 Å². The van der Waals surface area contributed by atoms with E-state index in [0.29, 0.717) is 33.5 Å². The fraction of sp³-hybridized carbons (Fsp3) is 0.348. The Bertz CT molecular complexity index is 2490. The summed E-state index contributed by atoms with van der Waals surface area (Å²) in [7, 11) is 0. The number of aromatic amines is 2. The van der Waals surface area contributed by atoms with Gasteiger partial charge in [-0.05, 0) is 78.4 Å². The van der Waals surface area contributed by atoms with Gasteiger partial charge in [-0.3, -0.25) is 19.2 Å². The Hall–Kier alpha value is -5.50. The maximum absolute atomic E-state index is 14.9. The molecule has 3 aromatic heterocycles. The van der Waals surface area contributed by atoms with Gasteiger partial charge in [0, 0.05) is 71.5 Å². The van der Waals surface area contributed by atoms with E-state index in [4.69, 9.17) is 9.97 Å². The van der Waals surface area contributed by atoms with Crippen LogP contribution >= 0.6 is 0 Å². The molecule has 0 atom stereocenters. The molecule has 8 nitrogen and oxygen atoms in total. The monoisotopic (exact) mass is 722 g/mol. The smallest absolute Gasteiger partial charge is 0.169 e. The molecule has 2 N–H and O–H groups in total. The van der Waals surface area contributed by atoms with Gasteiger partial charge in [0.15, 0.2) is 23.1 Å². The lowest BCUT2D eigenvalue weighted by Crippen LogP contribution is -2.34. The second-order valence-corrected chi connectivity index (χ2v) is 18.5. The second kappa shape index (κ2) is 13.1. The third kappa shape index (κ3) is 7.47. The SMILES string of the molecule is CC(C)(C)C(=O)c1cc(-c2cc3cc4nc(cc5ccc(cc6nc(cc2[nH]3)C=C6)[nH]5)C=C4)c(C(=O)C(C)(C)C)c(C(=O)C(C)(C)C)c1C(=O)C(C)(C)C. The highest BCUT2D eigenvalue weighted by atomic mass is 16.1. The highest BCUT2D eigenvalue weighted by Gasteiger charge is 2.42. The Morgan fingerprint density at radius 1 is 0.426 bits per heavy atom. The van der Waals surface area contributed by atoms with Crippen LogP contribution in [0.3, 0.4) is 0 Å². The fourth-order valence-electron chi connectivity index (χ4n) is 6.54. The number of aromatic nitrogens is 4. The van der Waals surface area contributed by atoms with Crippen molar-refractivity contribution in [2.24, 2.45) is 21.7 Å². The van der Waals surface area contributed by atoms with Crippen LogP contribution in [0.1, 0.15) is 147 Å². The highest BCUT2D eigenvalue weighted by Crippen LogP contribution is 2.43. The molecule has 8 heteroatoms. The van der Waals surface area contributed by atoms with Crippen molar-refractivity contribution >= 4 is 69.5 Å². The summed E-state index contributed by atoms with van der Waals surface area (Å²) in [6.45, 7) is 21.4. The van der Waals surface area contributed by atoms with E-state index in [0.717, 1.165) is 22.4 Å². The minimum atomic E-state index is -1.000. The number of fused-ring (bicyclic) bond motifs is 8. The van der Waals surface area contributed by atoms with Crippen molar-refractivity contribution in [2.75, 3.05) is 0 Å². The van der Waals surface area contributed by atoms with Gasteiger partial charge in [0.25, 0.3) is 0 Å². The molecule has 0 fully saturated rings. The maximum atomic E-state index is 14.9. The number of nitrogens with zero attached hydrogens (tertiary/aromatic N) is 2. The quantitative estimate of drug-likeness (QED) is 0.171. The van der Waals surface area contributed by atoms with Gasteiger partial charge >= 0.3 is 0 Å². The summed E-state index contributed by atoms with van der Waals surface area (Å²) in [4.78, 5) is 75.6. The first-order valence-corrected chi connectivity index (χ1v) is 18.4. The molecule has 54 heavy (non-hydrogen) atoms. The summed E-state index contributed by atoms with van der Waals surface area (Å²) >= 11 is 0. The molecular formula is C46H50N4O4. The third-order valence-corrected chi connectivity index (χ3v) is 9.44. The van der Waals surface area contributed by atoms with Crippen LogP contribution in [0.15, 0.2) is 48.5 Å². The number of carbonyl (C=O) groups is 4. The van der Waals surface area contributed by atoms with Crippen LogP contribution in [-0.2, 0) is 0 Å². The topological polar surface area (TPSA) is 126 Å². The number of H-pyrrole nitrogens is 2. The van der Waals surface area contributed by atoms with Crippen molar-refractivity contribution in [3.05, 3.63) is 93.6 Å². The van der Waals surface area contributed by atoms with Gasteiger partial charge in [0.2, 0.25) is 0 Å². The lowest BCUT2D eigenvalue weighted by molar-refractivity contribution is 0.0797. The fourth-order valence-corrected chi connectivity index (χ4v) is 6.54. The van der Waals surface area contributed by atoms with Gasteiger partial charge in [0.1, 0.15) is 0 Å². The third-order valence-electron chi connectivity index (χ3n) is 9.44. The molecule has 5 heterocycles. The molecule has 0 amide bonds. The van der Waals surface area contributed by atoms with Crippen molar-refractivity contribution in [1.82, 2.24) is 19.9 Å². The highest BCUT2D eigenvalue weighted by molar-refractivity contribution is 6.25. The summed E-state index contributed by atoms with van der Waals surface area (Å²) in [5, 5.41) is 0. The number of benzene rings is 1. The van der Waals surface area contributed by atoms with Crippen LogP contribution in [0.5, 0.6) is 0 Å². The molecule has 2 aliphatic heterocycles. The lowest BCUT2D eigenvalue weighted by atomic mass is 9.70. The Labute approximate surface area is 317 Å².